The summed E-state index contributed by atoms with van der Waals surface area (Å²) in [4.78, 5) is 0. The van der Waals surface area contributed by atoms with E-state index in [1.807, 2.05) is 0 Å². The average Bonchev–Trinajstić information content (AvgIpc) is 2.08. The maximum atomic E-state index is 5.07. The Balaban J connectivity index is 3.39. The molecule has 65 valence electrons. The molecule has 0 aliphatic carbocycles. The Kier molecular flexibility index (Phi) is 2.84. The molecule has 0 nitrogen and oxygen atoms in total. The lowest BCUT2D eigenvalue weighted by atomic mass is 9.95. The first kappa shape index (κ1) is 9.66. The van der Waals surface area contributed by atoms with E-state index >= 15 is 0 Å². The fourth-order valence-corrected chi connectivity index (χ4v) is 1.75. The highest BCUT2D eigenvalue weighted by molar-refractivity contribution is 7.79. The van der Waals surface area contributed by atoms with E-state index < -0.39 is 0 Å². The topological polar surface area (TPSA) is 0 Å². The molecule has 1 heteroatoms. The Hall–Kier alpha value is -0.430. The van der Waals surface area contributed by atoms with Gasteiger partial charge in [0.2, 0.25) is 0 Å². The second-order valence-electron chi connectivity index (χ2n) is 3.37. The minimum Gasteiger partial charge on any atom is -0.0890 e. The van der Waals surface area contributed by atoms with E-state index in [0.29, 0.717) is 0 Å². The largest absolute Gasteiger partial charge is 0.0890 e. The third kappa shape index (κ3) is 1.51. The molecule has 0 unspecified atom stereocenters. The van der Waals surface area contributed by atoms with Gasteiger partial charge >= 0.3 is 0 Å². The van der Waals surface area contributed by atoms with E-state index in [1.54, 1.807) is 0 Å². The molecule has 1 aromatic rings. The summed E-state index contributed by atoms with van der Waals surface area (Å²) in [5.41, 5.74) is 6.84. The predicted molar refractivity (Wildman–Crippen MR) is 56.7 cm³/mol. The first-order valence-electron chi connectivity index (χ1n) is 4.22. The van der Waals surface area contributed by atoms with Crippen molar-refractivity contribution < 1.29 is 0 Å². The third-order valence-electron chi connectivity index (χ3n) is 2.74. The molecule has 0 heterocycles. The van der Waals surface area contributed by atoms with Crippen molar-refractivity contribution in [2.24, 2.45) is 0 Å². The molecule has 0 aliphatic rings. The second kappa shape index (κ2) is 3.53. The molecule has 1 aromatic carbocycles. The second-order valence-corrected chi connectivity index (χ2v) is 3.66. The lowest BCUT2D eigenvalue weighted by Crippen LogP contribution is -1.95. The van der Waals surface area contributed by atoms with Crippen LogP contribution in [0.3, 0.4) is 0 Å². The van der Waals surface area contributed by atoms with Gasteiger partial charge in [-0.3, -0.25) is 0 Å². The minimum atomic E-state index is 0.730. The van der Waals surface area contributed by atoms with Crippen LogP contribution < -0.4 is 0 Å². The Morgan fingerprint density at radius 2 is 1.58 bits per heavy atom. The number of rotatable bonds is 1. The van der Waals surface area contributed by atoms with Gasteiger partial charge in [-0.2, -0.15) is 0 Å². The van der Waals surface area contributed by atoms with Crippen molar-refractivity contribution in [1.29, 1.82) is 0 Å². The maximum absolute atomic E-state index is 5.07. The molecule has 0 spiro atoms. The summed E-state index contributed by atoms with van der Waals surface area (Å²) >= 11 is 5.07. The molecule has 0 amide bonds. The summed E-state index contributed by atoms with van der Waals surface area (Å²) in [6.07, 6.45) is 0. The van der Waals surface area contributed by atoms with Gasteiger partial charge in [0.1, 0.15) is 0 Å². The van der Waals surface area contributed by atoms with Crippen LogP contribution >= 0.6 is 12.6 Å². The van der Waals surface area contributed by atoms with Gasteiger partial charge in [0.15, 0.2) is 0 Å². The van der Waals surface area contributed by atoms with E-state index in [4.69, 9.17) is 12.6 Å². The summed E-state index contributed by atoms with van der Waals surface area (Å²) in [7, 11) is 0. The van der Waals surface area contributed by atoms with Crippen molar-refractivity contribution in [3.05, 3.63) is 33.9 Å². The van der Waals surface area contributed by atoms with Gasteiger partial charge in [0, 0.05) is 5.75 Å². The molecule has 0 atom stereocenters. The Bertz CT molecular complexity index is 300. The zero-order valence-electron chi connectivity index (χ0n) is 8.19. The molecule has 0 N–H and O–H groups in total. The highest BCUT2D eigenvalue weighted by Crippen LogP contribution is 2.21. The fraction of sp³-hybridized carbons (Fsp3) is 0.455. The molecule has 0 saturated heterocycles. The van der Waals surface area contributed by atoms with Crippen LogP contribution in [0.4, 0.5) is 0 Å². The Morgan fingerprint density at radius 1 is 1.00 bits per heavy atom. The Morgan fingerprint density at radius 3 is 2.08 bits per heavy atom. The quantitative estimate of drug-likeness (QED) is 0.617. The minimum absolute atomic E-state index is 0.730. The van der Waals surface area contributed by atoms with E-state index in [0.717, 1.165) is 5.75 Å². The van der Waals surface area contributed by atoms with Crippen LogP contribution in [-0.4, -0.2) is 0 Å². The van der Waals surface area contributed by atoms with Crippen LogP contribution in [0.25, 0.3) is 0 Å². The number of hydrogen-bond acceptors (Lipinski definition) is 0. The van der Waals surface area contributed by atoms with Crippen LogP contribution in [0.5, 0.6) is 0 Å². The van der Waals surface area contributed by atoms with Gasteiger partial charge in [-0.05, 0) is 55.5 Å². The molecule has 0 bridgehead atoms. The lowest BCUT2D eigenvalue weighted by molar-refractivity contribution is 1.17. The first-order valence-corrected chi connectivity index (χ1v) is 4.80. The molecular weight excluding hydrogens is 164 g/mol. The molecule has 0 saturated carbocycles. The van der Waals surface area contributed by atoms with Gasteiger partial charge in [-0.1, -0.05) is 18.7 Å². The van der Waals surface area contributed by atoms with Crippen molar-refractivity contribution in [2.75, 3.05) is 0 Å². The Labute approximate surface area is 80.4 Å². The van der Waals surface area contributed by atoms with Gasteiger partial charge in [-0.25, -0.2) is 0 Å². The zero-order chi connectivity index (χ0) is 9.30. The van der Waals surface area contributed by atoms with Crippen LogP contribution in [0.2, 0.25) is 0 Å². The van der Waals surface area contributed by atoms with Gasteiger partial charge in [0.05, 0.1) is 0 Å². The highest BCUT2D eigenvalue weighted by Gasteiger charge is 2.05. The van der Waals surface area contributed by atoms with Crippen LogP contribution in [0.15, 0.2) is 6.07 Å². The maximum Gasteiger partial charge on any atom is 0.0291 e. The van der Waals surface area contributed by atoms with Crippen LogP contribution in [0.1, 0.15) is 27.8 Å². The van der Waals surface area contributed by atoms with Gasteiger partial charge in [-0.15, -0.1) is 0 Å². The third-order valence-corrected chi connectivity index (χ3v) is 3.06. The highest BCUT2D eigenvalue weighted by atomic mass is 32.1. The molecule has 0 aromatic heterocycles. The van der Waals surface area contributed by atoms with Crippen LogP contribution in [-0.2, 0) is 5.75 Å². The summed E-state index contributed by atoms with van der Waals surface area (Å²) < 4.78 is 0. The molecule has 0 aliphatic heterocycles. The van der Waals surface area contributed by atoms with E-state index in [-0.39, 0.29) is 0 Å². The molecule has 1 radical (unpaired) electrons. The SMILES string of the molecule is Cc1cc(C[S])c(C)c(C)c1C. The van der Waals surface area contributed by atoms with Crippen molar-refractivity contribution in [3.8, 4) is 0 Å². The van der Waals surface area contributed by atoms with E-state index in [2.05, 4.69) is 33.8 Å². The van der Waals surface area contributed by atoms with Crippen LogP contribution in [0, 0.1) is 27.7 Å². The summed E-state index contributed by atoms with van der Waals surface area (Å²) in [6.45, 7) is 8.65. The number of aryl methyl sites for hydroxylation is 1. The van der Waals surface area contributed by atoms with Gasteiger partial charge in [0.25, 0.3) is 0 Å². The van der Waals surface area contributed by atoms with Crippen molar-refractivity contribution >= 4 is 12.6 Å². The zero-order valence-corrected chi connectivity index (χ0v) is 9.01. The monoisotopic (exact) mass is 179 g/mol. The fourth-order valence-electron chi connectivity index (χ4n) is 1.45. The predicted octanol–water partition coefficient (Wildman–Crippen LogP) is 3.62. The summed E-state index contributed by atoms with van der Waals surface area (Å²) in [5.74, 6) is 0.730. The van der Waals surface area contributed by atoms with Crippen molar-refractivity contribution in [1.82, 2.24) is 0 Å². The molecule has 12 heavy (non-hydrogen) atoms. The first-order chi connectivity index (χ1) is 5.57. The molecule has 1 rings (SSSR count). The summed E-state index contributed by atoms with van der Waals surface area (Å²) in [5, 5.41) is 0. The van der Waals surface area contributed by atoms with Crippen molar-refractivity contribution in [2.45, 2.75) is 33.4 Å². The number of hydrogen-bond donors (Lipinski definition) is 0. The standard InChI is InChI=1S/C11H15S/c1-7-5-11(6-12)10(4)9(3)8(7)2/h5H,6H2,1-4H3. The van der Waals surface area contributed by atoms with E-state index in [1.165, 1.54) is 27.8 Å². The molecule has 0 fully saturated rings. The lowest BCUT2D eigenvalue weighted by Gasteiger charge is -2.12. The molecular formula is C11H15S. The van der Waals surface area contributed by atoms with Crippen molar-refractivity contribution in [3.63, 3.8) is 0 Å². The van der Waals surface area contributed by atoms with E-state index in [9.17, 15) is 0 Å². The number of benzene rings is 1. The normalized spacial score (nSPS) is 10.4. The smallest absolute Gasteiger partial charge is 0.0291 e. The average molecular weight is 179 g/mol. The summed E-state index contributed by atoms with van der Waals surface area (Å²) in [6, 6.07) is 2.21. The van der Waals surface area contributed by atoms with Gasteiger partial charge < -0.3 is 0 Å².